The largest absolute Gasteiger partial charge is 0.469 e. The Bertz CT molecular complexity index is 800. The van der Waals surface area contributed by atoms with Crippen LogP contribution in [0.3, 0.4) is 0 Å². The Morgan fingerprint density at radius 3 is 2.96 bits per heavy atom. The van der Waals surface area contributed by atoms with E-state index >= 15 is 0 Å². The first kappa shape index (κ1) is 17.3. The highest BCUT2D eigenvalue weighted by Crippen LogP contribution is 2.17. The molecule has 1 aromatic heterocycles. The summed E-state index contributed by atoms with van der Waals surface area (Å²) in [6.45, 7) is 0. The molecule has 1 N–H and O–H groups in total. The Kier molecular flexibility index (Phi) is 5.74. The smallest absolute Gasteiger partial charge is 0.311 e. The van der Waals surface area contributed by atoms with Gasteiger partial charge in [0.2, 0.25) is 5.91 Å². The van der Waals surface area contributed by atoms with Gasteiger partial charge in [-0.2, -0.15) is 0 Å². The molecular weight excluding hydrogens is 334 g/mol. The molecule has 24 heavy (non-hydrogen) atoms. The number of anilines is 1. The number of methoxy groups -OCH3 is 1. The van der Waals surface area contributed by atoms with Crippen LogP contribution < -0.4 is 5.32 Å². The molecule has 0 saturated heterocycles. The standard InChI is InChI=1S/C15H13N3O5S/c1-23-14(20)8-11-9-24-15(16-11)17-13(19)6-5-10-3-2-4-12(7-10)18(21)22/h2-7,9H,8H2,1H3,(H,16,17,19)/b6-5+. The van der Waals surface area contributed by atoms with Gasteiger partial charge in [-0.15, -0.1) is 11.3 Å². The van der Waals surface area contributed by atoms with Crippen molar-refractivity contribution < 1.29 is 19.2 Å². The molecule has 0 unspecified atom stereocenters. The topological polar surface area (TPSA) is 111 Å². The van der Waals surface area contributed by atoms with Crippen LogP contribution in [0.1, 0.15) is 11.3 Å². The van der Waals surface area contributed by atoms with E-state index in [1.165, 1.54) is 48.8 Å². The van der Waals surface area contributed by atoms with Crippen molar-refractivity contribution in [2.24, 2.45) is 0 Å². The van der Waals surface area contributed by atoms with Gasteiger partial charge < -0.3 is 4.74 Å². The molecule has 0 aliphatic heterocycles. The molecule has 0 saturated carbocycles. The number of thiazole rings is 1. The fourth-order valence-corrected chi connectivity index (χ4v) is 2.44. The lowest BCUT2D eigenvalue weighted by Gasteiger charge is -1.97. The minimum atomic E-state index is -0.504. The quantitative estimate of drug-likeness (QED) is 0.372. The van der Waals surface area contributed by atoms with Crippen LogP contribution in [0.2, 0.25) is 0 Å². The highest BCUT2D eigenvalue weighted by atomic mass is 32.1. The maximum absolute atomic E-state index is 11.8. The number of carbonyl (C=O) groups excluding carboxylic acids is 2. The van der Waals surface area contributed by atoms with Gasteiger partial charge in [-0.3, -0.25) is 25.0 Å². The maximum atomic E-state index is 11.8. The molecule has 0 atom stereocenters. The van der Waals surface area contributed by atoms with Crippen molar-refractivity contribution in [3.63, 3.8) is 0 Å². The van der Waals surface area contributed by atoms with E-state index in [0.717, 1.165) is 0 Å². The molecule has 1 heterocycles. The average molecular weight is 347 g/mol. The Hall–Kier alpha value is -3.07. The fourth-order valence-electron chi connectivity index (χ4n) is 1.73. The maximum Gasteiger partial charge on any atom is 0.311 e. The molecule has 0 bridgehead atoms. The van der Waals surface area contributed by atoms with Crippen molar-refractivity contribution in [2.45, 2.75) is 6.42 Å². The zero-order valence-corrected chi connectivity index (χ0v) is 13.4. The number of ether oxygens (including phenoxy) is 1. The van der Waals surface area contributed by atoms with Crippen LogP contribution in [0.4, 0.5) is 10.8 Å². The van der Waals surface area contributed by atoms with Crippen LogP contribution in [0.25, 0.3) is 6.08 Å². The van der Waals surface area contributed by atoms with E-state index in [9.17, 15) is 19.7 Å². The molecule has 8 nitrogen and oxygen atoms in total. The van der Waals surface area contributed by atoms with Gasteiger partial charge in [0, 0.05) is 23.6 Å². The molecule has 0 spiro atoms. The van der Waals surface area contributed by atoms with Crippen LogP contribution >= 0.6 is 11.3 Å². The number of hydrogen-bond acceptors (Lipinski definition) is 7. The Morgan fingerprint density at radius 1 is 1.46 bits per heavy atom. The monoisotopic (exact) mass is 347 g/mol. The van der Waals surface area contributed by atoms with E-state index in [2.05, 4.69) is 15.0 Å². The number of aromatic nitrogens is 1. The molecule has 9 heteroatoms. The molecule has 0 aliphatic carbocycles. The third-order valence-corrected chi connectivity index (χ3v) is 3.65. The number of hydrogen-bond donors (Lipinski definition) is 1. The molecule has 124 valence electrons. The summed E-state index contributed by atoms with van der Waals surface area (Å²) in [5, 5.41) is 15.3. The van der Waals surface area contributed by atoms with Crippen LogP contribution in [0.5, 0.6) is 0 Å². The first-order valence-corrected chi connectivity index (χ1v) is 7.60. The zero-order chi connectivity index (χ0) is 17.5. The predicted molar refractivity (Wildman–Crippen MR) is 88.6 cm³/mol. The molecule has 0 aliphatic rings. The van der Waals surface area contributed by atoms with Gasteiger partial charge >= 0.3 is 5.97 Å². The van der Waals surface area contributed by atoms with Gasteiger partial charge in [0.15, 0.2) is 5.13 Å². The van der Waals surface area contributed by atoms with Gasteiger partial charge in [-0.05, 0) is 11.6 Å². The third-order valence-electron chi connectivity index (χ3n) is 2.84. The number of non-ortho nitro benzene ring substituents is 1. The number of nitrogens with zero attached hydrogens (tertiary/aromatic N) is 2. The van der Waals surface area contributed by atoms with Crippen molar-refractivity contribution >= 4 is 40.1 Å². The van der Waals surface area contributed by atoms with Gasteiger partial charge in [-0.1, -0.05) is 12.1 Å². The normalized spacial score (nSPS) is 10.5. The van der Waals surface area contributed by atoms with E-state index in [-0.39, 0.29) is 12.1 Å². The number of nitro groups is 1. The second-order valence-electron chi connectivity index (χ2n) is 4.57. The summed E-state index contributed by atoms with van der Waals surface area (Å²) in [5.41, 5.74) is 0.986. The Labute approximate surface area is 140 Å². The van der Waals surface area contributed by atoms with E-state index in [0.29, 0.717) is 16.4 Å². The lowest BCUT2D eigenvalue weighted by Crippen LogP contribution is -2.08. The number of amides is 1. The lowest BCUT2D eigenvalue weighted by atomic mass is 10.2. The first-order chi connectivity index (χ1) is 11.5. The fraction of sp³-hybridized carbons (Fsp3) is 0.133. The van der Waals surface area contributed by atoms with Crippen molar-refractivity contribution in [3.05, 3.63) is 57.1 Å². The molecule has 1 aromatic carbocycles. The van der Waals surface area contributed by atoms with Gasteiger partial charge in [-0.25, -0.2) is 4.98 Å². The average Bonchev–Trinajstić information content (AvgIpc) is 2.99. The lowest BCUT2D eigenvalue weighted by molar-refractivity contribution is -0.384. The van der Waals surface area contributed by atoms with Gasteiger partial charge in [0.25, 0.3) is 5.69 Å². The molecule has 0 fully saturated rings. The summed E-state index contributed by atoms with van der Waals surface area (Å²) in [6.07, 6.45) is 2.75. The van der Waals surface area contributed by atoms with Crippen molar-refractivity contribution in [1.82, 2.24) is 4.98 Å². The molecule has 0 radical (unpaired) electrons. The number of rotatable bonds is 6. The van der Waals surface area contributed by atoms with Gasteiger partial charge in [0.1, 0.15) is 0 Å². The first-order valence-electron chi connectivity index (χ1n) is 6.72. The summed E-state index contributed by atoms with van der Waals surface area (Å²) >= 11 is 1.18. The van der Waals surface area contributed by atoms with Crippen molar-refractivity contribution in [3.8, 4) is 0 Å². The van der Waals surface area contributed by atoms with Crippen molar-refractivity contribution in [2.75, 3.05) is 12.4 Å². The number of esters is 1. The Morgan fingerprint density at radius 2 is 2.25 bits per heavy atom. The van der Waals surface area contributed by atoms with Crippen LogP contribution in [-0.2, 0) is 20.7 Å². The number of nitrogens with one attached hydrogen (secondary N) is 1. The highest BCUT2D eigenvalue weighted by Gasteiger charge is 2.09. The number of carbonyl (C=O) groups is 2. The minimum Gasteiger partial charge on any atom is -0.469 e. The summed E-state index contributed by atoms with van der Waals surface area (Å²) in [7, 11) is 1.29. The molecular formula is C15H13N3O5S. The summed E-state index contributed by atoms with van der Waals surface area (Å²) in [4.78, 5) is 37.3. The summed E-state index contributed by atoms with van der Waals surface area (Å²) < 4.78 is 4.54. The highest BCUT2D eigenvalue weighted by molar-refractivity contribution is 7.14. The van der Waals surface area contributed by atoms with Crippen LogP contribution in [0.15, 0.2) is 35.7 Å². The third kappa shape index (κ3) is 4.99. The predicted octanol–water partition coefficient (Wildman–Crippen LogP) is 2.42. The molecule has 2 rings (SSSR count). The summed E-state index contributed by atoms with van der Waals surface area (Å²) in [6, 6.07) is 5.92. The number of nitro benzene ring substituents is 1. The van der Waals surface area contributed by atoms with Crippen LogP contribution in [0, 0.1) is 10.1 Å². The SMILES string of the molecule is COC(=O)Cc1csc(NC(=O)/C=C/c2cccc([N+](=O)[O-])c2)n1. The molecule has 2 aromatic rings. The second-order valence-corrected chi connectivity index (χ2v) is 5.43. The van der Waals surface area contributed by atoms with Crippen LogP contribution in [-0.4, -0.2) is 28.9 Å². The van der Waals surface area contributed by atoms with E-state index in [1.54, 1.807) is 11.4 Å². The van der Waals surface area contributed by atoms with E-state index in [4.69, 9.17) is 0 Å². The van der Waals surface area contributed by atoms with Gasteiger partial charge in [0.05, 0.1) is 24.1 Å². The molecule has 1 amide bonds. The zero-order valence-electron chi connectivity index (χ0n) is 12.6. The van der Waals surface area contributed by atoms with E-state index in [1.807, 2.05) is 0 Å². The summed E-state index contributed by atoms with van der Waals surface area (Å²) in [5.74, 6) is -0.843. The second kappa shape index (κ2) is 7.97. The van der Waals surface area contributed by atoms with E-state index < -0.39 is 16.8 Å². The Balaban J connectivity index is 1.97. The number of benzene rings is 1. The minimum absolute atomic E-state index is 0.0341. The van der Waals surface area contributed by atoms with Crippen molar-refractivity contribution in [1.29, 1.82) is 0 Å².